The van der Waals surface area contributed by atoms with Crippen LogP contribution in [-0.4, -0.2) is 17.7 Å². The van der Waals surface area contributed by atoms with Crippen LogP contribution in [0.3, 0.4) is 0 Å². The van der Waals surface area contributed by atoms with Gasteiger partial charge in [-0.1, -0.05) is 41.7 Å². The fourth-order valence-electron chi connectivity index (χ4n) is 2.09. The molecule has 2 aromatic carbocycles. The first-order valence-electron chi connectivity index (χ1n) is 7.29. The average molecular weight is 389 g/mol. The molecule has 0 heterocycles. The number of carboxylic acid groups (broad SMARTS) is 1. The Morgan fingerprint density at radius 2 is 1.92 bits per heavy atom. The molecule has 24 heavy (non-hydrogen) atoms. The molecule has 0 atom stereocenters. The number of aromatic carboxylic acids is 1. The van der Waals surface area contributed by atoms with E-state index in [9.17, 15) is 4.79 Å². The summed E-state index contributed by atoms with van der Waals surface area (Å²) in [4.78, 5) is 11.1. The maximum absolute atomic E-state index is 11.1. The Hall–Kier alpha value is -1.62. The highest BCUT2D eigenvalue weighted by Gasteiger charge is 2.12. The van der Waals surface area contributed by atoms with Gasteiger partial charge in [0.2, 0.25) is 0 Å². The first kappa shape index (κ1) is 18.7. The molecular formula is C17H16Cl3NO3. The summed E-state index contributed by atoms with van der Waals surface area (Å²) in [5.41, 5.74) is 1.42. The Kier molecular flexibility index (Phi) is 6.60. The van der Waals surface area contributed by atoms with E-state index in [0.29, 0.717) is 39.7 Å². The van der Waals surface area contributed by atoms with Gasteiger partial charge in [0.15, 0.2) is 0 Å². The van der Waals surface area contributed by atoms with E-state index in [-0.39, 0.29) is 5.56 Å². The highest BCUT2D eigenvalue weighted by atomic mass is 35.5. The normalized spacial score (nSPS) is 10.5. The Morgan fingerprint density at radius 1 is 1.17 bits per heavy atom. The van der Waals surface area contributed by atoms with Crippen molar-refractivity contribution in [3.63, 3.8) is 0 Å². The zero-order chi connectivity index (χ0) is 17.7. The quantitative estimate of drug-likeness (QED) is 0.634. The van der Waals surface area contributed by atoms with Gasteiger partial charge in [0, 0.05) is 17.1 Å². The Balaban J connectivity index is 2.25. The summed E-state index contributed by atoms with van der Waals surface area (Å²) in [6.45, 7) is 2.87. The number of hydrogen-bond donors (Lipinski definition) is 2. The lowest BCUT2D eigenvalue weighted by atomic mass is 10.1. The summed E-state index contributed by atoms with van der Waals surface area (Å²) >= 11 is 18.4. The predicted octanol–water partition coefficient (Wildman–Crippen LogP) is 5.75. The van der Waals surface area contributed by atoms with Crippen LogP contribution in [-0.2, 0) is 6.54 Å². The van der Waals surface area contributed by atoms with Crippen LogP contribution in [0.4, 0.5) is 5.69 Å². The van der Waals surface area contributed by atoms with Crippen molar-refractivity contribution in [1.82, 2.24) is 0 Å². The van der Waals surface area contributed by atoms with Crippen molar-refractivity contribution in [2.45, 2.75) is 19.9 Å². The number of carboxylic acids is 1. The van der Waals surface area contributed by atoms with Crippen LogP contribution in [0.1, 0.15) is 29.3 Å². The van der Waals surface area contributed by atoms with Gasteiger partial charge in [-0.3, -0.25) is 0 Å². The smallest absolute Gasteiger partial charge is 0.335 e. The lowest BCUT2D eigenvalue weighted by Crippen LogP contribution is -2.06. The van der Waals surface area contributed by atoms with Gasteiger partial charge in [-0.2, -0.15) is 0 Å². The van der Waals surface area contributed by atoms with Gasteiger partial charge < -0.3 is 15.2 Å². The Labute approximate surface area is 155 Å². The van der Waals surface area contributed by atoms with Crippen molar-refractivity contribution in [3.8, 4) is 5.75 Å². The average Bonchev–Trinajstić information content (AvgIpc) is 2.52. The molecule has 2 rings (SSSR count). The summed E-state index contributed by atoms with van der Waals surface area (Å²) < 4.78 is 5.70. The first-order valence-corrected chi connectivity index (χ1v) is 8.43. The molecule has 0 spiro atoms. The van der Waals surface area contributed by atoms with Crippen LogP contribution in [0.5, 0.6) is 5.75 Å². The second-order valence-electron chi connectivity index (χ2n) is 5.08. The molecular weight excluding hydrogens is 373 g/mol. The summed E-state index contributed by atoms with van der Waals surface area (Å²) in [5.74, 6) is -0.464. The molecule has 2 aromatic rings. The van der Waals surface area contributed by atoms with Gasteiger partial charge in [-0.05, 0) is 36.8 Å². The molecule has 0 saturated carbocycles. The third-order valence-electron chi connectivity index (χ3n) is 3.22. The number of rotatable bonds is 7. The number of nitrogens with one attached hydrogen (secondary N) is 1. The second kappa shape index (κ2) is 8.47. The molecule has 0 aromatic heterocycles. The van der Waals surface area contributed by atoms with Gasteiger partial charge in [0.25, 0.3) is 0 Å². The molecule has 0 bridgehead atoms. The topological polar surface area (TPSA) is 58.6 Å². The predicted molar refractivity (Wildman–Crippen MR) is 98.0 cm³/mol. The molecule has 128 valence electrons. The molecule has 0 aliphatic carbocycles. The van der Waals surface area contributed by atoms with Gasteiger partial charge in [-0.25, -0.2) is 4.79 Å². The molecule has 0 saturated heterocycles. The molecule has 0 radical (unpaired) electrons. The molecule has 0 unspecified atom stereocenters. The molecule has 0 aliphatic rings. The van der Waals surface area contributed by atoms with E-state index in [2.05, 4.69) is 5.32 Å². The summed E-state index contributed by atoms with van der Waals surface area (Å²) in [5, 5.41) is 13.5. The van der Waals surface area contributed by atoms with Gasteiger partial charge in [0.05, 0.1) is 27.9 Å². The van der Waals surface area contributed by atoms with Crippen LogP contribution < -0.4 is 10.1 Å². The third kappa shape index (κ3) is 4.69. The van der Waals surface area contributed by atoms with Crippen molar-refractivity contribution in [2.24, 2.45) is 0 Å². The monoisotopic (exact) mass is 387 g/mol. The SMILES string of the molecule is CCCOc1c(Cl)cc(Cl)cc1CNc1cc(C(=O)O)ccc1Cl. The minimum atomic E-state index is -1.02. The fourth-order valence-corrected chi connectivity index (χ4v) is 2.87. The minimum absolute atomic E-state index is 0.147. The second-order valence-corrected chi connectivity index (χ2v) is 6.33. The Morgan fingerprint density at radius 3 is 2.58 bits per heavy atom. The van der Waals surface area contributed by atoms with E-state index in [1.54, 1.807) is 12.1 Å². The molecule has 4 nitrogen and oxygen atoms in total. The summed E-state index contributed by atoms with van der Waals surface area (Å²) in [7, 11) is 0. The highest BCUT2D eigenvalue weighted by molar-refractivity contribution is 6.35. The maximum Gasteiger partial charge on any atom is 0.335 e. The first-order chi connectivity index (χ1) is 11.4. The standard InChI is InChI=1S/C17H16Cl3NO3/c1-2-5-24-16-11(6-12(18)8-14(16)20)9-21-15-7-10(17(22)23)3-4-13(15)19/h3-4,6-8,21H,2,5,9H2,1H3,(H,22,23). The van der Waals surface area contributed by atoms with E-state index in [1.165, 1.54) is 18.2 Å². The summed E-state index contributed by atoms with van der Waals surface area (Å²) in [6.07, 6.45) is 0.846. The lowest BCUT2D eigenvalue weighted by Gasteiger charge is -2.15. The van der Waals surface area contributed by atoms with Gasteiger partial charge in [0.1, 0.15) is 5.75 Å². The van der Waals surface area contributed by atoms with Crippen molar-refractivity contribution in [2.75, 3.05) is 11.9 Å². The van der Waals surface area contributed by atoms with Crippen molar-refractivity contribution >= 4 is 46.5 Å². The molecule has 2 N–H and O–H groups in total. The zero-order valence-electron chi connectivity index (χ0n) is 12.9. The van der Waals surface area contributed by atoms with Gasteiger partial charge in [-0.15, -0.1) is 0 Å². The fraction of sp³-hybridized carbons (Fsp3) is 0.235. The highest BCUT2D eigenvalue weighted by Crippen LogP contribution is 2.34. The van der Waals surface area contributed by atoms with Crippen molar-refractivity contribution in [1.29, 1.82) is 0 Å². The van der Waals surface area contributed by atoms with Crippen LogP contribution in [0.25, 0.3) is 0 Å². The number of halogens is 3. The van der Waals surface area contributed by atoms with E-state index in [1.807, 2.05) is 6.92 Å². The Bertz CT molecular complexity index is 750. The van der Waals surface area contributed by atoms with Gasteiger partial charge >= 0.3 is 5.97 Å². The number of carbonyl (C=O) groups is 1. The van der Waals surface area contributed by atoms with E-state index < -0.39 is 5.97 Å². The lowest BCUT2D eigenvalue weighted by molar-refractivity contribution is 0.0697. The number of anilines is 1. The summed E-state index contributed by atoms with van der Waals surface area (Å²) in [6, 6.07) is 7.83. The number of benzene rings is 2. The zero-order valence-corrected chi connectivity index (χ0v) is 15.2. The van der Waals surface area contributed by atoms with E-state index in [0.717, 1.165) is 12.0 Å². The molecule has 7 heteroatoms. The van der Waals surface area contributed by atoms with Crippen molar-refractivity contribution < 1.29 is 14.6 Å². The van der Waals surface area contributed by atoms with Crippen LogP contribution in [0.15, 0.2) is 30.3 Å². The number of ether oxygens (including phenoxy) is 1. The minimum Gasteiger partial charge on any atom is -0.492 e. The van der Waals surface area contributed by atoms with Crippen LogP contribution in [0.2, 0.25) is 15.1 Å². The van der Waals surface area contributed by atoms with Crippen LogP contribution in [0, 0.1) is 0 Å². The molecule has 0 amide bonds. The van der Waals surface area contributed by atoms with Crippen LogP contribution >= 0.6 is 34.8 Å². The maximum atomic E-state index is 11.1. The molecule has 0 aliphatic heterocycles. The number of hydrogen-bond acceptors (Lipinski definition) is 3. The third-order valence-corrected chi connectivity index (χ3v) is 4.05. The molecule has 0 fully saturated rings. The van der Waals surface area contributed by atoms with Crippen molar-refractivity contribution in [3.05, 3.63) is 56.5 Å². The van der Waals surface area contributed by atoms with E-state index >= 15 is 0 Å². The van der Waals surface area contributed by atoms with E-state index in [4.69, 9.17) is 44.6 Å². The largest absolute Gasteiger partial charge is 0.492 e.